The van der Waals surface area contributed by atoms with Crippen molar-refractivity contribution in [2.24, 2.45) is 0 Å². The maximum Gasteiger partial charge on any atom is 0.0853 e. The van der Waals surface area contributed by atoms with Crippen LogP contribution in [0, 0.1) is 0 Å². The van der Waals surface area contributed by atoms with E-state index >= 15 is 0 Å². The number of rotatable bonds is 6. The maximum absolute atomic E-state index is 4.50. The minimum Gasteiger partial charge on any atom is -0.304 e. The van der Waals surface area contributed by atoms with Crippen LogP contribution in [0.4, 0.5) is 0 Å². The standard InChI is InChI=1S/C14H19Br2N3S/c1-4-5-17-13(12-6-10(15)8-20-12)14-11(16)7-18-19(14)9(2)3/h6-9,13,17H,4-5H2,1-3H3. The zero-order valence-electron chi connectivity index (χ0n) is 11.9. The molecule has 2 aromatic rings. The lowest BCUT2D eigenvalue weighted by atomic mass is 10.1. The molecule has 1 unspecified atom stereocenters. The van der Waals surface area contributed by atoms with E-state index in [1.54, 1.807) is 11.3 Å². The molecule has 0 fully saturated rings. The second-order valence-electron chi connectivity index (χ2n) is 4.97. The van der Waals surface area contributed by atoms with E-state index < -0.39 is 0 Å². The van der Waals surface area contributed by atoms with Gasteiger partial charge in [0.05, 0.1) is 22.4 Å². The van der Waals surface area contributed by atoms with Gasteiger partial charge in [-0.05, 0) is 64.7 Å². The zero-order valence-corrected chi connectivity index (χ0v) is 15.8. The average Bonchev–Trinajstić information content (AvgIpc) is 2.98. The van der Waals surface area contributed by atoms with Crippen molar-refractivity contribution < 1.29 is 0 Å². The van der Waals surface area contributed by atoms with Crippen molar-refractivity contribution in [3.05, 3.63) is 37.2 Å². The highest BCUT2D eigenvalue weighted by Crippen LogP contribution is 2.34. The molecule has 0 amide bonds. The molecule has 0 bridgehead atoms. The van der Waals surface area contributed by atoms with Crippen molar-refractivity contribution in [3.63, 3.8) is 0 Å². The Morgan fingerprint density at radius 3 is 2.70 bits per heavy atom. The topological polar surface area (TPSA) is 29.9 Å². The van der Waals surface area contributed by atoms with Gasteiger partial charge in [0.15, 0.2) is 0 Å². The van der Waals surface area contributed by atoms with Gasteiger partial charge in [-0.3, -0.25) is 4.68 Å². The number of nitrogens with one attached hydrogen (secondary N) is 1. The molecule has 0 aliphatic rings. The summed E-state index contributed by atoms with van der Waals surface area (Å²) >= 11 is 8.96. The quantitative estimate of drug-likeness (QED) is 0.700. The largest absolute Gasteiger partial charge is 0.304 e. The summed E-state index contributed by atoms with van der Waals surface area (Å²) < 4.78 is 4.28. The molecule has 20 heavy (non-hydrogen) atoms. The fourth-order valence-electron chi connectivity index (χ4n) is 2.13. The summed E-state index contributed by atoms with van der Waals surface area (Å²) in [6, 6.07) is 2.69. The summed E-state index contributed by atoms with van der Waals surface area (Å²) in [5, 5.41) is 10.3. The molecule has 110 valence electrons. The molecular weight excluding hydrogens is 402 g/mol. The van der Waals surface area contributed by atoms with E-state index in [0.717, 1.165) is 21.9 Å². The summed E-state index contributed by atoms with van der Waals surface area (Å²) in [4.78, 5) is 1.30. The minimum atomic E-state index is 0.172. The Morgan fingerprint density at radius 1 is 1.40 bits per heavy atom. The van der Waals surface area contributed by atoms with Gasteiger partial charge in [0.2, 0.25) is 0 Å². The fraction of sp³-hybridized carbons (Fsp3) is 0.500. The first-order chi connectivity index (χ1) is 9.54. The van der Waals surface area contributed by atoms with Crippen LogP contribution in [0.1, 0.15) is 49.8 Å². The molecule has 1 atom stereocenters. The van der Waals surface area contributed by atoms with Crippen LogP contribution in [0.2, 0.25) is 0 Å². The van der Waals surface area contributed by atoms with E-state index in [4.69, 9.17) is 0 Å². The van der Waals surface area contributed by atoms with Crippen LogP contribution in [0.25, 0.3) is 0 Å². The number of aromatic nitrogens is 2. The molecule has 3 nitrogen and oxygen atoms in total. The first kappa shape index (κ1) is 16.2. The molecular formula is C14H19Br2N3S. The van der Waals surface area contributed by atoms with E-state index in [1.165, 1.54) is 10.6 Å². The minimum absolute atomic E-state index is 0.172. The van der Waals surface area contributed by atoms with Crippen LogP contribution in [-0.4, -0.2) is 16.3 Å². The highest BCUT2D eigenvalue weighted by molar-refractivity contribution is 9.10. The molecule has 0 spiro atoms. The van der Waals surface area contributed by atoms with E-state index in [9.17, 15) is 0 Å². The molecule has 1 N–H and O–H groups in total. The summed E-state index contributed by atoms with van der Waals surface area (Å²) in [6.07, 6.45) is 3.00. The van der Waals surface area contributed by atoms with Crippen molar-refractivity contribution in [2.75, 3.05) is 6.54 Å². The van der Waals surface area contributed by atoms with Crippen LogP contribution < -0.4 is 5.32 Å². The Kier molecular flexibility index (Phi) is 5.84. The molecule has 0 saturated heterocycles. The van der Waals surface area contributed by atoms with Gasteiger partial charge in [0, 0.05) is 20.8 Å². The normalized spacial score (nSPS) is 13.1. The smallest absolute Gasteiger partial charge is 0.0853 e. The third-order valence-electron chi connectivity index (χ3n) is 3.02. The predicted molar refractivity (Wildman–Crippen MR) is 92.5 cm³/mol. The van der Waals surface area contributed by atoms with Gasteiger partial charge >= 0.3 is 0 Å². The monoisotopic (exact) mass is 419 g/mol. The molecule has 0 radical (unpaired) electrons. The van der Waals surface area contributed by atoms with Crippen molar-refractivity contribution in [2.45, 2.75) is 39.3 Å². The average molecular weight is 421 g/mol. The Bertz CT molecular complexity index is 563. The molecule has 2 heterocycles. The van der Waals surface area contributed by atoms with E-state index in [2.05, 4.69) is 79.2 Å². The number of hydrogen-bond donors (Lipinski definition) is 1. The number of halogens is 2. The van der Waals surface area contributed by atoms with Crippen molar-refractivity contribution >= 4 is 43.2 Å². The van der Waals surface area contributed by atoms with E-state index in [1.807, 2.05) is 6.20 Å². The molecule has 0 saturated carbocycles. The number of thiophene rings is 1. The number of nitrogens with zero attached hydrogens (tertiary/aromatic N) is 2. The number of hydrogen-bond acceptors (Lipinski definition) is 3. The summed E-state index contributed by atoms with van der Waals surface area (Å²) in [5.41, 5.74) is 1.20. The SMILES string of the molecule is CCCNC(c1cc(Br)cs1)c1c(Br)cnn1C(C)C. The molecule has 6 heteroatoms. The van der Waals surface area contributed by atoms with Crippen LogP contribution in [0.5, 0.6) is 0 Å². The van der Waals surface area contributed by atoms with Crippen LogP contribution in [0.3, 0.4) is 0 Å². The van der Waals surface area contributed by atoms with Gasteiger partial charge < -0.3 is 5.32 Å². The van der Waals surface area contributed by atoms with Crippen LogP contribution in [0.15, 0.2) is 26.6 Å². The van der Waals surface area contributed by atoms with Crippen LogP contribution in [-0.2, 0) is 0 Å². The lowest BCUT2D eigenvalue weighted by Crippen LogP contribution is -2.26. The van der Waals surface area contributed by atoms with Crippen molar-refractivity contribution in [3.8, 4) is 0 Å². The second-order valence-corrected chi connectivity index (χ2v) is 7.68. The van der Waals surface area contributed by atoms with Gasteiger partial charge in [-0.15, -0.1) is 11.3 Å². The first-order valence-corrected chi connectivity index (χ1v) is 9.21. The molecule has 2 rings (SSSR count). The third kappa shape index (κ3) is 3.53. The molecule has 0 aliphatic heterocycles. The maximum atomic E-state index is 4.50. The Hall–Kier alpha value is -0.170. The lowest BCUT2D eigenvalue weighted by Gasteiger charge is -2.21. The van der Waals surface area contributed by atoms with Gasteiger partial charge in [0.25, 0.3) is 0 Å². The van der Waals surface area contributed by atoms with Gasteiger partial charge in [-0.1, -0.05) is 6.92 Å². The Morgan fingerprint density at radius 2 is 2.15 bits per heavy atom. The molecule has 0 aliphatic carbocycles. The lowest BCUT2D eigenvalue weighted by molar-refractivity contribution is 0.473. The predicted octanol–water partition coefficient (Wildman–Crippen LogP) is 5.14. The van der Waals surface area contributed by atoms with Gasteiger partial charge in [0.1, 0.15) is 0 Å². The highest BCUT2D eigenvalue weighted by Gasteiger charge is 2.23. The first-order valence-electron chi connectivity index (χ1n) is 6.74. The third-order valence-corrected chi connectivity index (χ3v) is 5.39. The van der Waals surface area contributed by atoms with Crippen molar-refractivity contribution in [1.29, 1.82) is 0 Å². The summed E-state index contributed by atoms with van der Waals surface area (Å²) in [6.45, 7) is 7.48. The Labute approximate surface area is 141 Å². The van der Waals surface area contributed by atoms with Gasteiger partial charge in [-0.2, -0.15) is 5.10 Å². The summed E-state index contributed by atoms with van der Waals surface area (Å²) in [5.74, 6) is 0. The van der Waals surface area contributed by atoms with E-state index in [-0.39, 0.29) is 6.04 Å². The summed E-state index contributed by atoms with van der Waals surface area (Å²) in [7, 11) is 0. The molecule has 2 aromatic heterocycles. The van der Waals surface area contributed by atoms with Crippen LogP contribution >= 0.6 is 43.2 Å². The Balaban J connectivity index is 2.43. The highest BCUT2D eigenvalue weighted by atomic mass is 79.9. The van der Waals surface area contributed by atoms with Crippen molar-refractivity contribution in [1.82, 2.24) is 15.1 Å². The fourth-order valence-corrected chi connectivity index (χ4v) is 4.16. The second kappa shape index (κ2) is 7.20. The molecule has 0 aromatic carbocycles. The van der Waals surface area contributed by atoms with Gasteiger partial charge in [-0.25, -0.2) is 0 Å². The van der Waals surface area contributed by atoms with E-state index in [0.29, 0.717) is 6.04 Å². The zero-order chi connectivity index (χ0) is 14.7.